The lowest BCUT2D eigenvalue weighted by molar-refractivity contribution is -0.168. The number of esters is 1. The highest BCUT2D eigenvalue weighted by atomic mass is 79.9. The van der Waals surface area contributed by atoms with E-state index in [1.54, 1.807) is 4.90 Å². The van der Waals surface area contributed by atoms with Crippen LogP contribution in [-0.2, 0) is 25.7 Å². The highest BCUT2D eigenvalue weighted by Crippen LogP contribution is 2.50. The van der Waals surface area contributed by atoms with Gasteiger partial charge in [-0.25, -0.2) is 0 Å². The molecule has 0 aromatic heterocycles. The van der Waals surface area contributed by atoms with E-state index in [2.05, 4.69) is 15.9 Å². The summed E-state index contributed by atoms with van der Waals surface area (Å²) in [7, 11) is 0. The van der Waals surface area contributed by atoms with E-state index in [0.29, 0.717) is 13.0 Å². The maximum atomic E-state index is 12.7. The summed E-state index contributed by atoms with van der Waals surface area (Å²) in [5, 5.41) is 0. The minimum Gasteiger partial charge on any atom is -0.460 e. The van der Waals surface area contributed by atoms with E-state index in [4.69, 9.17) is 9.47 Å². The zero-order valence-electron chi connectivity index (χ0n) is 13.4. The van der Waals surface area contributed by atoms with Gasteiger partial charge in [0, 0.05) is 17.4 Å². The van der Waals surface area contributed by atoms with Crippen LogP contribution in [0.5, 0.6) is 0 Å². The van der Waals surface area contributed by atoms with Gasteiger partial charge in [-0.05, 0) is 37.0 Å². The molecule has 4 rings (SSSR count). The van der Waals surface area contributed by atoms with E-state index >= 15 is 0 Å². The van der Waals surface area contributed by atoms with Gasteiger partial charge in [-0.1, -0.05) is 34.5 Å². The number of benzene rings is 1. The Morgan fingerprint density at radius 1 is 1.29 bits per heavy atom. The van der Waals surface area contributed by atoms with Gasteiger partial charge in [-0.2, -0.15) is 0 Å². The third-order valence-electron chi connectivity index (χ3n) is 5.33. The Hall–Kier alpha value is -1.40. The first-order chi connectivity index (χ1) is 11.6. The lowest BCUT2D eigenvalue weighted by Crippen LogP contribution is -2.55. The number of rotatable bonds is 3. The predicted molar refractivity (Wildman–Crippen MR) is 89.8 cm³/mol. The minimum absolute atomic E-state index is 0.0499. The van der Waals surface area contributed by atoms with Crippen molar-refractivity contribution < 1.29 is 19.1 Å². The monoisotopic (exact) mass is 393 g/mol. The number of hydrogen-bond acceptors (Lipinski definition) is 4. The number of hydrogen-bond donors (Lipinski definition) is 0. The molecule has 6 heteroatoms. The van der Waals surface area contributed by atoms with Gasteiger partial charge in [0.25, 0.3) is 5.91 Å². The second kappa shape index (κ2) is 6.15. The van der Waals surface area contributed by atoms with Gasteiger partial charge in [-0.15, -0.1) is 0 Å². The van der Waals surface area contributed by atoms with Gasteiger partial charge in [-0.3, -0.25) is 9.59 Å². The average molecular weight is 394 g/mol. The van der Waals surface area contributed by atoms with Crippen LogP contribution < -0.4 is 0 Å². The van der Waals surface area contributed by atoms with Crippen LogP contribution in [0.25, 0.3) is 0 Å². The van der Waals surface area contributed by atoms with Crippen molar-refractivity contribution in [2.45, 2.75) is 50.5 Å². The Labute approximate surface area is 149 Å². The van der Waals surface area contributed by atoms with E-state index in [0.717, 1.165) is 35.7 Å². The topological polar surface area (TPSA) is 55.8 Å². The summed E-state index contributed by atoms with van der Waals surface area (Å²) in [4.78, 5) is 26.9. The van der Waals surface area contributed by atoms with Crippen molar-refractivity contribution in [3.05, 3.63) is 34.3 Å². The molecule has 24 heavy (non-hydrogen) atoms. The first-order valence-electron chi connectivity index (χ1n) is 8.50. The lowest BCUT2D eigenvalue weighted by atomic mass is 9.85. The maximum Gasteiger partial charge on any atom is 0.314 e. The summed E-state index contributed by atoms with van der Waals surface area (Å²) in [5.41, 5.74) is 0.191. The van der Waals surface area contributed by atoms with Crippen LogP contribution in [0.2, 0.25) is 0 Å². The fourth-order valence-corrected chi connectivity index (χ4v) is 4.41. The molecule has 0 aliphatic carbocycles. The lowest BCUT2D eigenvalue weighted by Gasteiger charge is -2.39. The van der Waals surface area contributed by atoms with Gasteiger partial charge < -0.3 is 14.4 Å². The van der Waals surface area contributed by atoms with Crippen molar-refractivity contribution in [2.24, 2.45) is 5.92 Å². The molecule has 0 radical (unpaired) electrons. The van der Waals surface area contributed by atoms with E-state index in [9.17, 15) is 9.59 Å². The number of nitrogens with zero attached hydrogens (tertiary/aromatic N) is 1. The molecule has 0 unspecified atom stereocenters. The molecule has 3 heterocycles. The largest absolute Gasteiger partial charge is 0.460 e. The Morgan fingerprint density at radius 2 is 2.08 bits per heavy atom. The van der Waals surface area contributed by atoms with Gasteiger partial charge in [0.05, 0.1) is 0 Å². The van der Waals surface area contributed by atoms with Crippen molar-refractivity contribution in [3.8, 4) is 0 Å². The number of fused-ring (bicyclic) bond motifs is 1. The summed E-state index contributed by atoms with van der Waals surface area (Å²) < 4.78 is 12.6. The summed E-state index contributed by atoms with van der Waals surface area (Å²) in [6.45, 7) is 0.934. The van der Waals surface area contributed by atoms with Crippen LogP contribution >= 0.6 is 15.9 Å². The van der Waals surface area contributed by atoms with Crippen LogP contribution in [0.4, 0.5) is 0 Å². The molecule has 1 aromatic rings. The van der Waals surface area contributed by atoms with Crippen molar-refractivity contribution >= 4 is 27.8 Å². The zero-order chi connectivity index (χ0) is 16.7. The zero-order valence-corrected chi connectivity index (χ0v) is 15.0. The molecule has 0 N–H and O–H groups in total. The number of amides is 1. The smallest absolute Gasteiger partial charge is 0.314 e. The fourth-order valence-electron chi connectivity index (χ4n) is 4.15. The van der Waals surface area contributed by atoms with Gasteiger partial charge in [0.1, 0.15) is 18.6 Å². The summed E-state index contributed by atoms with van der Waals surface area (Å²) in [6.07, 6.45) is 3.74. The second-order valence-electron chi connectivity index (χ2n) is 6.77. The van der Waals surface area contributed by atoms with E-state index in [-0.39, 0.29) is 24.4 Å². The Balaban J connectivity index is 1.48. The third-order valence-corrected chi connectivity index (χ3v) is 5.86. The van der Waals surface area contributed by atoms with Gasteiger partial charge >= 0.3 is 5.97 Å². The number of carbonyl (C=O) groups excluding carboxylic acids is 2. The Bertz CT molecular complexity index is 661. The van der Waals surface area contributed by atoms with Gasteiger partial charge in [0.2, 0.25) is 0 Å². The fraction of sp³-hybridized carbons (Fsp3) is 0.556. The predicted octanol–water partition coefficient (Wildman–Crippen LogP) is 3.01. The number of halogens is 1. The molecule has 3 fully saturated rings. The van der Waals surface area contributed by atoms with Crippen molar-refractivity contribution in [1.82, 2.24) is 4.90 Å². The summed E-state index contributed by atoms with van der Waals surface area (Å²) in [6, 6.07) is 7.70. The summed E-state index contributed by atoms with van der Waals surface area (Å²) >= 11 is 3.39. The molecule has 3 aliphatic rings. The first kappa shape index (κ1) is 16.1. The van der Waals surface area contributed by atoms with Crippen LogP contribution in [0, 0.1) is 5.92 Å². The third kappa shape index (κ3) is 2.56. The molecule has 0 saturated carbocycles. The van der Waals surface area contributed by atoms with Crippen LogP contribution in [0.1, 0.15) is 37.7 Å². The molecule has 2 bridgehead atoms. The second-order valence-corrected chi connectivity index (χ2v) is 7.69. The number of piperidine rings is 1. The Morgan fingerprint density at radius 3 is 2.88 bits per heavy atom. The molecule has 5 nitrogen and oxygen atoms in total. The SMILES string of the molecule is O=C(OCc1ccc(Br)cc1)[C@H]1C[C@H]2O[C@@]13CCCCCN3C2=O. The van der Waals surface area contributed by atoms with E-state index < -0.39 is 11.8 Å². The molecule has 3 saturated heterocycles. The highest BCUT2D eigenvalue weighted by Gasteiger charge is 2.65. The first-order valence-corrected chi connectivity index (χ1v) is 9.30. The number of carbonyl (C=O) groups is 2. The molecule has 3 aliphatic heterocycles. The minimum atomic E-state index is -0.755. The molecule has 1 aromatic carbocycles. The molecule has 1 amide bonds. The van der Waals surface area contributed by atoms with Crippen LogP contribution in [0.3, 0.4) is 0 Å². The van der Waals surface area contributed by atoms with Crippen molar-refractivity contribution in [2.75, 3.05) is 6.54 Å². The normalized spacial score (nSPS) is 31.7. The van der Waals surface area contributed by atoms with Crippen LogP contribution in [-0.4, -0.2) is 35.2 Å². The summed E-state index contributed by atoms with van der Waals surface area (Å²) in [5.74, 6) is -0.567. The van der Waals surface area contributed by atoms with E-state index in [1.165, 1.54) is 0 Å². The maximum absolute atomic E-state index is 12.7. The number of ether oxygens (including phenoxy) is 2. The quantitative estimate of drug-likeness (QED) is 0.740. The van der Waals surface area contributed by atoms with Crippen LogP contribution in [0.15, 0.2) is 28.7 Å². The molecular weight excluding hydrogens is 374 g/mol. The Kier molecular flexibility index (Phi) is 4.12. The van der Waals surface area contributed by atoms with Crippen molar-refractivity contribution in [1.29, 1.82) is 0 Å². The molecular formula is C18H20BrNO4. The van der Waals surface area contributed by atoms with E-state index in [1.807, 2.05) is 24.3 Å². The standard InChI is InChI=1S/C18H20BrNO4/c19-13-6-4-12(5-7-13)11-23-17(22)14-10-15-16(21)20-9-3-1-2-8-18(14,20)24-15/h4-7,14-15H,1-3,8-11H2/t14-,15-,18+/m1/s1. The van der Waals surface area contributed by atoms with Gasteiger partial charge in [0.15, 0.2) is 5.72 Å². The molecule has 3 atom stereocenters. The molecule has 128 valence electrons. The average Bonchev–Trinajstić information content (AvgIpc) is 2.97. The van der Waals surface area contributed by atoms with Crippen molar-refractivity contribution in [3.63, 3.8) is 0 Å². The molecule has 1 spiro atoms. The highest BCUT2D eigenvalue weighted by molar-refractivity contribution is 9.10.